The van der Waals surface area contributed by atoms with Crippen molar-refractivity contribution in [2.24, 2.45) is 5.73 Å². The van der Waals surface area contributed by atoms with E-state index in [2.05, 4.69) is 0 Å². The van der Waals surface area contributed by atoms with Gasteiger partial charge < -0.3 is 15.5 Å². The molecule has 2 N–H and O–H groups in total. The predicted octanol–water partition coefficient (Wildman–Crippen LogP) is 0.728. The molecule has 0 aromatic rings. The molecule has 1 heterocycles. The van der Waals surface area contributed by atoms with Crippen LogP contribution in [0.25, 0.3) is 0 Å². The molecular weight excluding hydrogens is 204 g/mol. The van der Waals surface area contributed by atoms with E-state index in [1.807, 2.05) is 0 Å². The Morgan fingerprint density at radius 3 is 2.47 bits per heavy atom. The number of hydrogen-bond acceptors (Lipinski definition) is 2. The fourth-order valence-electron chi connectivity index (χ4n) is 1.70. The van der Waals surface area contributed by atoms with Gasteiger partial charge in [0.15, 0.2) is 0 Å². The lowest BCUT2D eigenvalue weighted by Gasteiger charge is -2.27. The molecule has 6 heteroatoms. The maximum atomic E-state index is 12.2. The Hall–Kier alpha value is -0.910. The number of nitrogens with two attached hydrogens (primary N) is 1. The van der Waals surface area contributed by atoms with Gasteiger partial charge in [-0.05, 0) is 12.8 Å². The molecule has 0 aromatic heterocycles. The minimum Gasteiger partial charge on any atom is -0.329 e. The molecule has 0 aromatic carbocycles. The third-order valence-electron chi connectivity index (χ3n) is 2.40. The van der Waals surface area contributed by atoms with Gasteiger partial charge in [-0.25, -0.2) is 13.6 Å². The van der Waals surface area contributed by atoms with Crippen LogP contribution in [0, 0.1) is 0 Å². The molecule has 0 unspecified atom stereocenters. The van der Waals surface area contributed by atoms with Crippen molar-refractivity contribution in [1.82, 2.24) is 9.80 Å². The van der Waals surface area contributed by atoms with Gasteiger partial charge in [0.05, 0.1) is 6.54 Å². The molecule has 0 saturated carbocycles. The zero-order chi connectivity index (χ0) is 11.3. The number of nitrogens with zero attached hydrogens (tertiary/aromatic N) is 2. The Bertz CT molecular complexity index is 208. The maximum Gasteiger partial charge on any atom is 0.320 e. The van der Waals surface area contributed by atoms with Crippen molar-refractivity contribution in [2.45, 2.75) is 19.3 Å². The summed E-state index contributed by atoms with van der Waals surface area (Å²) in [7, 11) is 0. The molecule has 0 bridgehead atoms. The first kappa shape index (κ1) is 12.2. The van der Waals surface area contributed by atoms with Crippen LogP contribution in [-0.2, 0) is 0 Å². The van der Waals surface area contributed by atoms with Crippen LogP contribution >= 0.6 is 0 Å². The van der Waals surface area contributed by atoms with Crippen molar-refractivity contribution in [3.63, 3.8) is 0 Å². The molecule has 2 amide bonds. The Balaban J connectivity index is 2.49. The van der Waals surface area contributed by atoms with E-state index in [4.69, 9.17) is 5.73 Å². The van der Waals surface area contributed by atoms with Crippen molar-refractivity contribution >= 4 is 6.03 Å². The first-order valence-electron chi connectivity index (χ1n) is 5.17. The van der Waals surface area contributed by atoms with Gasteiger partial charge in [0.2, 0.25) is 0 Å². The second kappa shape index (κ2) is 5.85. The average molecular weight is 221 g/mol. The van der Waals surface area contributed by atoms with Gasteiger partial charge in [-0.1, -0.05) is 0 Å². The Labute approximate surface area is 88.0 Å². The van der Waals surface area contributed by atoms with Crippen molar-refractivity contribution in [3.05, 3.63) is 0 Å². The summed E-state index contributed by atoms with van der Waals surface area (Å²) < 4.78 is 24.4. The summed E-state index contributed by atoms with van der Waals surface area (Å²) in [5.74, 6) is 0. The lowest BCUT2D eigenvalue weighted by molar-refractivity contribution is 0.0889. The fourth-order valence-corrected chi connectivity index (χ4v) is 1.70. The maximum absolute atomic E-state index is 12.2. The largest absolute Gasteiger partial charge is 0.329 e. The van der Waals surface area contributed by atoms with Gasteiger partial charge >= 0.3 is 6.03 Å². The molecule has 15 heavy (non-hydrogen) atoms. The standard InChI is InChI=1S/C9H17F2N3O/c10-8(11)7-14(6-3-12)9(15)13-4-1-2-5-13/h8H,1-7,12H2. The number of rotatable bonds is 4. The summed E-state index contributed by atoms with van der Waals surface area (Å²) in [5.41, 5.74) is 5.28. The van der Waals surface area contributed by atoms with E-state index in [-0.39, 0.29) is 19.1 Å². The zero-order valence-corrected chi connectivity index (χ0v) is 8.66. The zero-order valence-electron chi connectivity index (χ0n) is 8.66. The molecule has 0 aliphatic carbocycles. The van der Waals surface area contributed by atoms with Crippen molar-refractivity contribution in [1.29, 1.82) is 0 Å². The van der Waals surface area contributed by atoms with E-state index in [0.29, 0.717) is 13.1 Å². The number of amides is 2. The summed E-state index contributed by atoms with van der Waals surface area (Å²) in [6.07, 6.45) is -0.587. The lowest BCUT2D eigenvalue weighted by Crippen LogP contribution is -2.45. The third kappa shape index (κ3) is 3.62. The molecule has 1 aliphatic rings. The van der Waals surface area contributed by atoms with Gasteiger partial charge in [-0.3, -0.25) is 0 Å². The van der Waals surface area contributed by atoms with Gasteiger partial charge in [-0.15, -0.1) is 0 Å². The topological polar surface area (TPSA) is 49.6 Å². The highest BCUT2D eigenvalue weighted by molar-refractivity contribution is 5.74. The molecule has 0 spiro atoms. The Kier molecular flexibility index (Phi) is 4.74. The summed E-state index contributed by atoms with van der Waals surface area (Å²) in [4.78, 5) is 14.5. The number of alkyl halides is 2. The van der Waals surface area contributed by atoms with Crippen LogP contribution in [0.3, 0.4) is 0 Å². The number of carbonyl (C=O) groups excluding carboxylic acids is 1. The minimum absolute atomic E-state index is 0.194. The number of carbonyl (C=O) groups is 1. The van der Waals surface area contributed by atoms with Gasteiger partial charge in [-0.2, -0.15) is 0 Å². The molecular formula is C9H17F2N3O. The second-order valence-corrected chi connectivity index (χ2v) is 3.60. The van der Waals surface area contributed by atoms with Crippen LogP contribution in [0.1, 0.15) is 12.8 Å². The monoisotopic (exact) mass is 221 g/mol. The van der Waals surface area contributed by atoms with Crippen LogP contribution in [0.2, 0.25) is 0 Å². The number of halogens is 2. The smallest absolute Gasteiger partial charge is 0.320 e. The van der Waals surface area contributed by atoms with E-state index in [1.165, 1.54) is 0 Å². The molecule has 4 nitrogen and oxygen atoms in total. The normalized spacial score (nSPS) is 16.1. The van der Waals surface area contributed by atoms with E-state index in [0.717, 1.165) is 17.7 Å². The highest BCUT2D eigenvalue weighted by atomic mass is 19.3. The summed E-state index contributed by atoms with van der Waals surface area (Å²) in [5, 5.41) is 0. The molecule has 1 aliphatic heterocycles. The highest BCUT2D eigenvalue weighted by Crippen LogP contribution is 2.11. The Morgan fingerprint density at radius 2 is 2.00 bits per heavy atom. The molecule has 0 radical (unpaired) electrons. The van der Waals surface area contributed by atoms with Crippen LogP contribution in [0.15, 0.2) is 0 Å². The van der Waals surface area contributed by atoms with Crippen molar-refractivity contribution in [2.75, 3.05) is 32.7 Å². The molecule has 88 valence electrons. The summed E-state index contributed by atoms with van der Waals surface area (Å²) in [6, 6.07) is -0.307. The first-order valence-corrected chi connectivity index (χ1v) is 5.17. The van der Waals surface area contributed by atoms with Gasteiger partial charge in [0.1, 0.15) is 0 Å². The third-order valence-corrected chi connectivity index (χ3v) is 2.40. The van der Waals surface area contributed by atoms with Crippen LogP contribution in [0.4, 0.5) is 13.6 Å². The fraction of sp³-hybridized carbons (Fsp3) is 0.889. The van der Waals surface area contributed by atoms with Crippen LogP contribution in [0.5, 0.6) is 0 Å². The number of hydrogen-bond donors (Lipinski definition) is 1. The molecule has 1 rings (SSSR count). The van der Waals surface area contributed by atoms with E-state index in [1.54, 1.807) is 4.90 Å². The lowest BCUT2D eigenvalue weighted by atomic mass is 10.4. The van der Waals surface area contributed by atoms with Gasteiger partial charge in [0.25, 0.3) is 6.43 Å². The van der Waals surface area contributed by atoms with Crippen molar-refractivity contribution in [3.8, 4) is 0 Å². The van der Waals surface area contributed by atoms with Crippen LogP contribution < -0.4 is 5.73 Å². The number of urea groups is 1. The quantitative estimate of drug-likeness (QED) is 0.760. The summed E-state index contributed by atoms with van der Waals surface area (Å²) in [6.45, 7) is 1.23. The second-order valence-electron chi connectivity index (χ2n) is 3.60. The van der Waals surface area contributed by atoms with Crippen molar-refractivity contribution < 1.29 is 13.6 Å². The minimum atomic E-state index is -2.50. The van der Waals surface area contributed by atoms with E-state index in [9.17, 15) is 13.6 Å². The van der Waals surface area contributed by atoms with E-state index >= 15 is 0 Å². The average Bonchev–Trinajstić information content (AvgIpc) is 2.68. The SMILES string of the molecule is NCCN(CC(F)F)C(=O)N1CCCC1. The first-order chi connectivity index (χ1) is 7.15. The predicted molar refractivity (Wildman–Crippen MR) is 52.8 cm³/mol. The molecule has 1 saturated heterocycles. The number of likely N-dealkylation sites (tertiary alicyclic amines) is 1. The molecule has 1 fully saturated rings. The van der Waals surface area contributed by atoms with E-state index < -0.39 is 13.0 Å². The summed E-state index contributed by atoms with van der Waals surface area (Å²) >= 11 is 0. The molecule has 0 atom stereocenters. The highest BCUT2D eigenvalue weighted by Gasteiger charge is 2.24. The Morgan fingerprint density at radius 1 is 1.40 bits per heavy atom. The van der Waals surface area contributed by atoms with Gasteiger partial charge in [0, 0.05) is 26.2 Å². The van der Waals surface area contributed by atoms with Crippen LogP contribution in [-0.4, -0.2) is 55.0 Å².